The number of aromatic nitrogens is 2. The molecule has 0 amide bonds. The number of hydrogen-bond donors (Lipinski definition) is 1. The molecule has 1 heterocycles. The van der Waals surface area contributed by atoms with Crippen LogP contribution in [-0.2, 0) is 0 Å². The maximum Gasteiger partial charge on any atom is 0.131 e. The van der Waals surface area contributed by atoms with Gasteiger partial charge in [0, 0.05) is 17.5 Å². The third kappa shape index (κ3) is 2.50. The van der Waals surface area contributed by atoms with Crippen LogP contribution in [0, 0.1) is 0 Å². The van der Waals surface area contributed by atoms with E-state index >= 15 is 0 Å². The first-order valence-corrected chi connectivity index (χ1v) is 6.97. The highest BCUT2D eigenvalue weighted by atomic mass is 16.5. The van der Waals surface area contributed by atoms with Crippen LogP contribution in [0.2, 0.25) is 0 Å². The molecule has 0 unspecified atom stereocenters. The monoisotopic (exact) mass is 273 g/mol. The third-order valence-corrected chi connectivity index (χ3v) is 3.37. The van der Waals surface area contributed by atoms with E-state index in [0.29, 0.717) is 12.0 Å². The Kier molecular flexibility index (Phi) is 4.02. The largest absolute Gasteiger partial charge is 0.497 e. The van der Waals surface area contributed by atoms with Crippen LogP contribution in [0.4, 0.5) is 5.82 Å². The Morgan fingerprint density at radius 2 is 1.70 bits per heavy atom. The summed E-state index contributed by atoms with van der Waals surface area (Å²) >= 11 is 0. The minimum absolute atomic E-state index is 0.298. The van der Waals surface area contributed by atoms with Gasteiger partial charge in [-0.3, -0.25) is 0 Å². The molecule has 1 aromatic carbocycles. The quantitative estimate of drug-likeness (QED) is 0.920. The predicted octanol–water partition coefficient (Wildman–Crippen LogP) is 3.85. The van der Waals surface area contributed by atoms with E-state index in [1.165, 1.54) is 0 Å². The zero-order chi connectivity index (χ0) is 14.9. The van der Waals surface area contributed by atoms with E-state index in [9.17, 15) is 0 Å². The van der Waals surface area contributed by atoms with Crippen LogP contribution in [0.25, 0.3) is 11.3 Å². The summed E-state index contributed by atoms with van der Waals surface area (Å²) in [6, 6.07) is 8.14. The maximum absolute atomic E-state index is 6.31. The molecule has 0 spiro atoms. The van der Waals surface area contributed by atoms with Crippen LogP contribution < -0.4 is 10.5 Å². The normalized spacial score (nSPS) is 11.3. The Bertz CT molecular complexity index is 583. The van der Waals surface area contributed by atoms with Crippen molar-refractivity contribution in [3.8, 4) is 17.0 Å². The van der Waals surface area contributed by atoms with E-state index in [1.54, 1.807) is 7.11 Å². The van der Waals surface area contributed by atoms with Crippen LogP contribution in [-0.4, -0.2) is 16.7 Å². The molecule has 2 N–H and O–H groups in total. The molecule has 0 aliphatic carbocycles. The molecule has 0 aliphatic rings. The number of nitrogen functional groups attached to an aromatic ring is 1. The molecular formula is C16H23N3O. The van der Waals surface area contributed by atoms with Crippen LogP contribution in [0.15, 0.2) is 24.3 Å². The predicted molar refractivity (Wildman–Crippen MR) is 83.1 cm³/mol. The maximum atomic E-state index is 6.31. The fourth-order valence-electron chi connectivity index (χ4n) is 2.37. The molecule has 0 radical (unpaired) electrons. The lowest BCUT2D eigenvalue weighted by Gasteiger charge is -2.15. The van der Waals surface area contributed by atoms with Gasteiger partial charge in [0.15, 0.2) is 0 Å². The van der Waals surface area contributed by atoms with E-state index in [0.717, 1.165) is 28.6 Å². The van der Waals surface area contributed by atoms with Crippen molar-refractivity contribution in [2.24, 2.45) is 0 Å². The van der Waals surface area contributed by atoms with Crippen molar-refractivity contribution in [3.05, 3.63) is 30.1 Å². The van der Waals surface area contributed by atoms with Gasteiger partial charge in [0.1, 0.15) is 23.1 Å². The molecule has 2 rings (SSSR count). The van der Waals surface area contributed by atoms with Gasteiger partial charge in [0.2, 0.25) is 0 Å². The molecule has 0 aliphatic heterocycles. The number of methoxy groups -OCH3 is 1. The second kappa shape index (κ2) is 5.57. The highest BCUT2D eigenvalue weighted by molar-refractivity contribution is 5.71. The number of ether oxygens (including phenoxy) is 1. The minimum Gasteiger partial charge on any atom is -0.497 e. The average Bonchev–Trinajstić information content (AvgIpc) is 2.77. The minimum atomic E-state index is 0.298. The lowest BCUT2D eigenvalue weighted by molar-refractivity contribution is 0.415. The highest BCUT2D eigenvalue weighted by Gasteiger charge is 2.19. The van der Waals surface area contributed by atoms with E-state index in [2.05, 4.69) is 32.3 Å². The van der Waals surface area contributed by atoms with E-state index in [1.807, 2.05) is 24.3 Å². The van der Waals surface area contributed by atoms with Gasteiger partial charge >= 0.3 is 0 Å². The Morgan fingerprint density at radius 1 is 1.10 bits per heavy atom. The summed E-state index contributed by atoms with van der Waals surface area (Å²) in [5.41, 5.74) is 8.18. The van der Waals surface area contributed by atoms with Crippen molar-refractivity contribution in [3.63, 3.8) is 0 Å². The van der Waals surface area contributed by atoms with Gasteiger partial charge in [-0.25, -0.2) is 4.98 Å². The highest BCUT2D eigenvalue weighted by Crippen LogP contribution is 2.32. The van der Waals surface area contributed by atoms with E-state index < -0.39 is 0 Å². The van der Waals surface area contributed by atoms with Crippen LogP contribution in [0.3, 0.4) is 0 Å². The molecule has 1 aromatic heterocycles. The Hall–Kier alpha value is -1.97. The standard InChI is InChI=1S/C16H23N3O/c1-10(2)16-18-14(15(17)19(16)11(3)4)12-6-8-13(20-5)9-7-12/h6-11H,17H2,1-5H3. The number of rotatable bonds is 4. The Morgan fingerprint density at radius 3 is 2.10 bits per heavy atom. The van der Waals surface area contributed by atoms with Crippen LogP contribution in [0.1, 0.15) is 45.5 Å². The Labute approximate surface area is 120 Å². The summed E-state index contributed by atoms with van der Waals surface area (Å²) in [7, 11) is 1.66. The Balaban J connectivity index is 2.53. The summed E-state index contributed by atoms with van der Waals surface area (Å²) < 4.78 is 7.30. The fourth-order valence-corrected chi connectivity index (χ4v) is 2.37. The van der Waals surface area contributed by atoms with E-state index in [-0.39, 0.29) is 0 Å². The van der Waals surface area contributed by atoms with Crippen molar-refractivity contribution >= 4 is 5.82 Å². The third-order valence-electron chi connectivity index (χ3n) is 3.37. The van der Waals surface area contributed by atoms with Crippen LogP contribution >= 0.6 is 0 Å². The molecule has 4 heteroatoms. The molecule has 0 bridgehead atoms. The lowest BCUT2D eigenvalue weighted by Crippen LogP contribution is -2.10. The van der Waals surface area contributed by atoms with Crippen molar-refractivity contribution in [1.82, 2.24) is 9.55 Å². The fraction of sp³-hybridized carbons (Fsp3) is 0.438. The second-order valence-corrected chi connectivity index (χ2v) is 5.55. The van der Waals surface area contributed by atoms with Crippen molar-refractivity contribution < 1.29 is 4.74 Å². The lowest BCUT2D eigenvalue weighted by atomic mass is 10.1. The number of nitrogens with zero attached hydrogens (tertiary/aromatic N) is 2. The molecule has 0 fully saturated rings. The molecule has 0 saturated heterocycles. The van der Waals surface area contributed by atoms with Crippen LogP contribution in [0.5, 0.6) is 5.75 Å². The topological polar surface area (TPSA) is 53.1 Å². The number of anilines is 1. The van der Waals surface area contributed by atoms with Gasteiger partial charge in [-0.15, -0.1) is 0 Å². The second-order valence-electron chi connectivity index (χ2n) is 5.55. The molecule has 0 saturated carbocycles. The van der Waals surface area contributed by atoms with E-state index in [4.69, 9.17) is 15.5 Å². The molecule has 0 atom stereocenters. The van der Waals surface area contributed by atoms with Crippen molar-refractivity contribution in [2.75, 3.05) is 12.8 Å². The summed E-state index contributed by atoms with van der Waals surface area (Å²) in [6.45, 7) is 8.53. The van der Waals surface area contributed by atoms with Crippen molar-refractivity contribution in [1.29, 1.82) is 0 Å². The summed E-state index contributed by atoms with van der Waals surface area (Å²) in [6.07, 6.45) is 0. The van der Waals surface area contributed by atoms with Gasteiger partial charge < -0.3 is 15.0 Å². The average molecular weight is 273 g/mol. The number of hydrogen-bond acceptors (Lipinski definition) is 3. The van der Waals surface area contributed by atoms with Gasteiger partial charge in [0.25, 0.3) is 0 Å². The summed E-state index contributed by atoms with van der Waals surface area (Å²) in [4.78, 5) is 4.75. The number of benzene rings is 1. The van der Waals surface area contributed by atoms with Gasteiger partial charge in [-0.05, 0) is 38.1 Å². The molecule has 4 nitrogen and oxygen atoms in total. The summed E-state index contributed by atoms with van der Waals surface area (Å²) in [5.74, 6) is 2.93. The SMILES string of the molecule is COc1ccc(-c2nc(C(C)C)n(C(C)C)c2N)cc1. The van der Waals surface area contributed by atoms with Gasteiger partial charge in [-0.1, -0.05) is 13.8 Å². The zero-order valence-electron chi connectivity index (χ0n) is 12.8. The molecular weight excluding hydrogens is 250 g/mol. The van der Waals surface area contributed by atoms with Gasteiger partial charge in [0.05, 0.1) is 7.11 Å². The molecule has 20 heavy (non-hydrogen) atoms. The zero-order valence-corrected chi connectivity index (χ0v) is 12.8. The first-order chi connectivity index (χ1) is 9.45. The number of imidazole rings is 1. The first-order valence-electron chi connectivity index (χ1n) is 6.97. The van der Waals surface area contributed by atoms with Crippen molar-refractivity contribution in [2.45, 2.75) is 39.7 Å². The summed E-state index contributed by atoms with van der Waals surface area (Å²) in [5, 5.41) is 0. The first kappa shape index (κ1) is 14.4. The molecule has 108 valence electrons. The molecule has 2 aromatic rings. The number of nitrogens with two attached hydrogens (primary N) is 1. The van der Waals surface area contributed by atoms with Gasteiger partial charge in [-0.2, -0.15) is 0 Å². The smallest absolute Gasteiger partial charge is 0.131 e.